The maximum absolute atomic E-state index is 11.0. The fraction of sp³-hybridized carbons (Fsp3) is 0.167. The van der Waals surface area contributed by atoms with Crippen molar-refractivity contribution < 1.29 is 14.6 Å². The van der Waals surface area contributed by atoms with Crippen LogP contribution in [0.4, 0.5) is 0 Å². The highest BCUT2D eigenvalue weighted by Crippen LogP contribution is 2.22. The van der Waals surface area contributed by atoms with Crippen LogP contribution in [0.25, 0.3) is 10.9 Å². The van der Waals surface area contributed by atoms with Gasteiger partial charge in [-0.2, -0.15) is 0 Å². The van der Waals surface area contributed by atoms with Crippen LogP contribution in [0.15, 0.2) is 54.7 Å². The van der Waals surface area contributed by atoms with Gasteiger partial charge in [0.15, 0.2) is 0 Å². The Balaban J connectivity index is 1.74. The van der Waals surface area contributed by atoms with Gasteiger partial charge >= 0.3 is 5.97 Å². The number of benzene rings is 2. The van der Waals surface area contributed by atoms with Crippen LogP contribution in [-0.4, -0.2) is 22.2 Å². The third-order valence-electron chi connectivity index (χ3n) is 3.63. The number of rotatable bonds is 6. The monoisotopic (exact) mass is 329 g/mol. The van der Waals surface area contributed by atoms with Crippen LogP contribution in [0.1, 0.15) is 5.56 Å². The molecule has 0 spiro atoms. The molecule has 3 rings (SSSR count). The molecule has 0 saturated carbocycles. The van der Waals surface area contributed by atoms with Crippen molar-refractivity contribution in [2.24, 2.45) is 0 Å². The second-order valence-corrected chi connectivity index (χ2v) is 5.67. The smallest absolute Gasteiger partial charge is 0.307 e. The number of carboxylic acid groups (broad SMARTS) is 1. The zero-order valence-corrected chi connectivity index (χ0v) is 13.2. The molecule has 0 saturated heterocycles. The van der Waals surface area contributed by atoms with E-state index < -0.39 is 5.97 Å². The Morgan fingerprint density at radius 1 is 1.13 bits per heavy atom. The van der Waals surface area contributed by atoms with Crippen molar-refractivity contribution in [2.45, 2.75) is 13.0 Å². The van der Waals surface area contributed by atoms with Gasteiger partial charge in [0.2, 0.25) is 0 Å². The summed E-state index contributed by atoms with van der Waals surface area (Å²) in [4.78, 5) is 11.0. The molecule has 0 bridgehead atoms. The molecule has 0 unspecified atom stereocenters. The second kappa shape index (κ2) is 6.75. The highest BCUT2D eigenvalue weighted by atomic mass is 35.5. The number of aliphatic carboxylic acids is 1. The summed E-state index contributed by atoms with van der Waals surface area (Å²) in [6, 6.07) is 15.0. The molecule has 4 nitrogen and oxygen atoms in total. The van der Waals surface area contributed by atoms with Crippen LogP contribution in [0.3, 0.4) is 0 Å². The van der Waals surface area contributed by atoms with Crippen LogP contribution in [0.2, 0.25) is 5.02 Å². The predicted molar refractivity (Wildman–Crippen MR) is 90.2 cm³/mol. The molecule has 0 aliphatic rings. The molecule has 2 aromatic carbocycles. The highest BCUT2D eigenvalue weighted by molar-refractivity contribution is 6.30. The van der Waals surface area contributed by atoms with Crippen LogP contribution in [-0.2, 0) is 17.8 Å². The van der Waals surface area contributed by atoms with Crippen molar-refractivity contribution in [1.29, 1.82) is 0 Å². The summed E-state index contributed by atoms with van der Waals surface area (Å²) in [6.07, 6.45) is 1.91. The first-order valence-electron chi connectivity index (χ1n) is 7.30. The van der Waals surface area contributed by atoms with Gasteiger partial charge < -0.3 is 14.4 Å². The molecule has 0 fully saturated rings. The molecule has 1 heterocycles. The Morgan fingerprint density at radius 3 is 2.61 bits per heavy atom. The fourth-order valence-electron chi connectivity index (χ4n) is 2.60. The molecule has 23 heavy (non-hydrogen) atoms. The normalized spacial score (nSPS) is 10.8. The molecular weight excluding hydrogens is 314 g/mol. The third kappa shape index (κ3) is 3.66. The summed E-state index contributed by atoms with van der Waals surface area (Å²) in [5, 5.41) is 10.7. The van der Waals surface area contributed by atoms with Crippen LogP contribution in [0, 0.1) is 0 Å². The molecule has 0 aliphatic heterocycles. The number of hydrogen-bond donors (Lipinski definition) is 1. The van der Waals surface area contributed by atoms with E-state index in [0.29, 0.717) is 18.2 Å². The Labute approximate surface area is 138 Å². The Hall–Kier alpha value is -2.46. The van der Waals surface area contributed by atoms with Gasteiger partial charge in [-0.25, -0.2) is 0 Å². The Kier molecular flexibility index (Phi) is 4.53. The lowest BCUT2D eigenvalue weighted by Gasteiger charge is -2.08. The summed E-state index contributed by atoms with van der Waals surface area (Å²) < 4.78 is 7.74. The first kappa shape index (κ1) is 15.4. The molecule has 1 aromatic heterocycles. The van der Waals surface area contributed by atoms with E-state index in [1.165, 1.54) is 0 Å². The van der Waals surface area contributed by atoms with Crippen molar-refractivity contribution in [2.75, 3.05) is 6.61 Å². The number of carboxylic acids is 1. The summed E-state index contributed by atoms with van der Waals surface area (Å²) >= 11 is 5.84. The molecule has 0 radical (unpaired) electrons. The average molecular weight is 330 g/mol. The molecule has 1 N–H and O–H groups in total. The van der Waals surface area contributed by atoms with E-state index in [0.717, 1.165) is 22.2 Å². The Morgan fingerprint density at radius 2 is 1.87 bits per heavy atom. The third-order valence-corrected chi connectivity index (χ3v) is 3.88. The van der Waals surface area contributed by atoms with Gasteiger partial charge in [-0.15, -0.1) is 0 Å². The number of aromatic nitrogens is 1. The van der Waals surface area contributed by atoms with Crippen LogP contribution < -0.4 is 4.74 Å². The molecule has 0 atom stereocenters. The van der Waals surface area contributed by atoms with E-state index in [-0.39, 0.29) is 6.42 Å². The minimum Gasteiger partial charge on any atom is -0.492 e. The lowest BCUT2D eigenvalue weighted by atomic mass is 10.1. The summed E-state index contributed by atoms with van der Waals surface area (Å²) in [5.41, 5.74) is 1.84. The molecule has 0 amide bonds. The molecule has 118 valence electrons. The van der Waals surface area contributed by atoms with Gasteiger partial charge in [0, 0.05) is 22.1 Å². The van der Waals surface area contributed by atoms with Crippen molar-refractivity contribution in [1.82, 2.24) is 4.57 Å². The number of halogens is 1. The standard InChI is InChI=1S/C18H16ClNO3/c19-14-5-7-15(8-6-14)23-10-9-20-12-13(11-18(21)22)16-3-1-2-4-17(16)20/h1-8,12H,9-11H2,(H,21,22). The number of ether oxygens (including phenoxy) is 1. The van der Waals surface area contributed by atoms with Gasteiger partial charge in [0.1, 0.15) is 12.4 Å². The van der Waals surface area contributed by atoms with E-state index in [1.807, 2.05) is 47.2 Å². The van der Waals surface area contributed by atoms with Gasteiger partial charge in [0.25, 0.3) is 0 Å². The summed E-state index contributed by atoms with van der Waals surface area (Å²) in [7, 11) is 0. The highest BCUT2D eigenvalue weighted by Gasteiger charge is 2.10. The zero-order valence-electron chi connectivity index (χ0n) is 12.4. The zero-order chi connectivity index (χ0) is 16.2. The van der Waals surface area contributed by atoms with Crippen molar-refractivity contribution >= 4 is 28.5 Å². The second-order valence-electron chi connectivity index (χ2n) is 5.24. The van der Waals surface area contributed by atoms with E-state index in [4.69, 9.17) is 21.4 Å². The van der Waals surface area contributed by atoms with Gasteiger partial charge in [-0.3, -0.25) is 4.79 Å². The molecular formula is C18H16ClNO3. The van der Waals surface area contributed by atoms with Crippen molar-refractivity contribution in [3.05, 3.63) is 65.3 Å². The molecule has 5 heteroatoms. The number of hydrogen-bond acceptors (Lipinski definition) is 2. The van der Waals surface area contributed by atoms with Gasteiger partial charge in [0.05, 0.1) is 13.0 Å². The lowest BCUT2D eigenvalue weighted by Crippen LogP contribution is -2.07. The SMILES string of the molecule is O=C(O)Cc1cn(CCOc2ccc(Cl)cc2)c2ccccc12. The molecule has 3 aromatic rings. The van der Waals surface area contributed by atoms with Crippen LogP contribution in [0.5, 0.6) is 5.75 Å². The topological polar surface area (TPSA) is 51.5 Å². The maximum atomic E-state index is 11.0. The first-order valence-corrected chi connectivity index (χ1v) is 7.68. The van der Waals surface area contributed by atoms with Gasteiger partial charge in [-0.05, 0) is 35.9 Å². The quantitative estimate of drug-likeness (QED) is 0.743. The average Bonchev–Trinajstić information content (AvgIpc) is 2.87. The minimum atomic E-state index is -0.828. The van der Waals surface area contributed by atoms with Crippen molar-refractivity contribution in [3.63, 3.8) is 0 Å². The number of fused-ring (bicyclic) bond motifs is 1. The summed E-state index contributed by atoms with van der Waals surface area (Å²) in [5.74, 6) is -0.0676. The minimum absolute atomic E-state index is 0.0194. The molecule has 0 aliphatic carbocycles. The first-order chi connectivity index (χ1) is 11.1. The fourth-order valence-corrected chi connectivity index (χ4v) is 2.73. The van der Waals surface area contributed by atoms with Gasteiger partial charge in [-0.1, -0.05) is 29.8 Å². The predicted octanol–water partition coefficient (Wildman–Crippen LogP) is 4.00. The van der Waals surface area contributed by atoms with Crippen molar-refractivity contribution in [3.8, 4) is 5.75 Å². The lowest BCUT2D eigenvalue weighted by molar-refractivity contribution is -0.136. The maximum Gasteiger partial charge on any atom is 0.307 e. The Bertz CT molecular complexity index is 824. The van der Waals surface area contributed by atoms with E-state index in [2.05, 4.69) is 0 Å². The number of carbonyl (C=O) groups is 1. The van der Waals surface area contributed by atoms with E-state index in [1.54, 1.807) is 12.1 Å². The number of para-hydroxylation sites is 1. The van der Waals surface area contributed by atoms with E-state index >= 15 is 0 Å². The summed E-state index contributed by atoms with van der Waals surface area (Å²) in [6.45, 7) is 1.13. The largest absolute Gasteiger partial charge is 0.492 e. The van der Waals surface area contributed by atoms with Crippen LogP contribution >= 0.6 is 11.6 Å². The number of nitrogens with zero attached hydrogens (tertiary/aromatic N) is 1. The van der Waals surface area contributed by atoms with E-state index in [9.17, 15) is 4.79 Å².